The predicted octanol–water partition coefficient (Wildman–Crippen LogP) is 3.01. The van der Waals surface area contributed by atoms with Crippen molar-refractivity contribution < 1.29 is 14.2 Å². The average Bonchev–Trinajstić information content (AvgIpc) is 2.84. The van der Waals surface area contributed by atoms with Gasteiger partial charge in [-0.1, -0.05) is 0 Å². The molecule has 1 fully saturated rings. The minimum Gasteiger partial charge on any atom is -0.497 e. The maximum absolute atomic E-state index is 5.95. The van der Waals surface area contributed by atoms with Crippen LogP contribution in [0.5, 0.6) is 11.5 Å². The first-order valence-electron chi connectivity index (χ1n) is 7.40. The van der Waals surface area contributed by atoms with Crippen molar-refractivity contribution in [1.29, 1.82) is 0 Å². The summed E-state index contributed by atoms with van der Waals surface area (Å²) in [6.45, 7) is 4.74. The number of nitrogens with two attached hydrogens (primary N) is 1. The third-order valence-corrected chi connectivity index (χ3v) is 3.69. The Bertz CT molecular complexity index is 549. The van der Waals surface area contributed by atoms with Gasteiger partial charge >= 0.3 is 0 Å². The molecule has 1 aliphatic rings. The van der Waals surface area contributed by atoms with Gasteiger partial charge in [-0.3, -0.25) is 4.99 Å². The molecule has 0 aliphatic carbocycles. The van der Waals surface area contributed by atoms with Crippen molar-refractivity contribution in [2.45, 2.75) is 38.4 Å². The number of benzene rings is 1. The summed E-state index contributed by atoms with van der Waals surface area (Å²) in [5, 5.41) is 3.05. The Morgan fingerprint density at radius 3 is 2.70 bits per heavy atom. The molecule has 2 rings (SSSR count). The van der Waals surface area contributed by atoms with E-state index in [0.29, 0.717) is 18.3 Å². The zero-order chi connectivity index (χ0) is 16.2. The molecule has 1 saturated heterocycles. The number of nitrogens with zero attached hydrogens (tertiary/aromatic N) is 1. The minimum absolute atomic E-state index is 0. The lowest BCUT2D eigenvalue weighted by Gasteiger charge is -2.18. The molecule has 0 bridgehead atoms. The van der Waals surface area contributed by atoms with Gasteiger partial charge in [-0.25, -0.2) is 0 Å². The molecular formula is C16H26IN3O3. The van der Waals surface area contributed by atoms with Crippen LogP contribution in [-0.2, 0) is 4.74 Å². The molecule has 3 N–H and O–H groups in total. The van der Waals surface area contributed by atoms with Gasteiger partial charge < -0.3 is 25.3 Å². The van der Waals surface area contributed by atoms with Crippen LogP contribution in [-0.4, -0.2) is 38.4 Å². The van der Waals surface area contributed by atoms with E-state index in [2.05, 4.69) is 24.2 Å². The Morgan fingerprint density at radius 1 is 1.39 bits per heavy atom. The average molecular weight is 435 g/mol. The highest BCUT2D eigenvalue weighted by atomic mass is 127. The summed E-state index contributed by atoms with van der Waals surface area (Å²) in [6, 6.07) is 5.46. The molecular weight excluding hydrogens is 409 g/mol. The molecule has 23 heavy (non-hydrogen) atoms. The van der Waals surface area contributed by atoms with Gasteiger partial charge in [0.05, 0.1) is 38.2 Å². The molecule has 0 saturated carbocycles. The molecule has 1 atom stereocenters. The number of guanidine groups is 1. The Hall–Kier alpha value is -1.22. The molecule has 7 heteroatoms. The third kappa shape index (κ3) is 5.72. The largest absolute Gasteiger partial charge is 0.497 e. The first-order valence-corrected chi connectivity index (χ1v) is 7.40. The summed E-state index contributed by atoms with van der Waals surface area (Å²) in [5.74, 6) is 1.73. The van der Waals surface area contributed by atoms with Crippen LogP contribution in [0, 0.1) is 0 Å². The minimum atomic E-state index is -0.0571. The Balaban J connectivity index is 0.00000264. The maximum Gasteiger partial charge on any atom is 0.193 e. The van der Waals surface area contributed by atoms with Gasteiger partial charge in [-0.15, -0.1) is 24.0 Å². The molecule has 0 amide bonds. The van der Waals surface area contributed by atoms with E-state index < -0.39 is 0 Å². The van der Waals surface area contributed by atoms with E-state index in [1.165, 1.54) is 0 Å². The van der Waals surface area contributed by atoms with Gasteiger partial charge in [-0.2, -0.15) is 0 Å². The van der Waals surface area contributed by atoms with Gasteiger partial charge in [0.25, 0.3) is 0 Å². The maximum atomic E-state index is 5.95. The molecule has 0 aromatic heterocycles. The van der Waals surface area contributed by atoms with Crippen molar-refractivity contribution in [2.24, 2.45) is 10.7 Å². The Kier molecular flexibility index (Phi) is 7.40. The predicted molar refractivity (Wildman–Crippen MR) is 103 cm³/mol. The van der Waals surface area contributed by atoms with Gasteiger partial charge in [0.1, 0.15) is 11.5 Å². The fraction of sp³-hybridized carbons (Fsp3) is 0.562. The Morgan fingerprint density at radius 2 is 2.13 bits per heavy atom. The van der Waals surface area contributed by atoms with E-state index in [1.54, 1.807) is 14.2 Å². The van der Waals surface area contributed by atoms with Crippen LogP contribution < -0.4 is 20.5 Å². The van der Waals surface area contributed by atoms with Gasteiger partial charge in [0.2, 0.25) is 0 Å². The van der Waals surface area contributed by atoms with Crippen molar-refractivity contribution in [3.8, 4) is 11.5 Å². The standard InChI is InChI=1S/C16H25N3O3.HI/c1-16(2)8-7-12(22-16)10-18-15(17)19-13-9-11(20-3)5-6-14(13)21-4;/h5-6,9,12H,7-8,10H2,1-4H3,(H3,17,18,19);1H. The molecule has 130 valence electrons. The van der Waals surface area contributed by atoms with Crippen molar-refractivity contribution in [2.75, 3.05) is 26.1 Å². The molecule has 1 unspecified atom stereocenters. The number of anilines is 1. The van der Waals surface area contributed by atoms with Crippen molar-refractivity contribution >= 4 is 35.6 Å². The monoisotopic (exact) mass is 435 g/mol. The molecule has 1 heterocycles. The number of aliphatic imine (C=N–C) groups is 1. The first kappa shape index (κ1) is 19.8. The van der Waals surface area contributed by atoms with Crippen molar-refractivity contribution in [1.82, 2.24) is 0 Å². The normalized spacial score (nSPS) is 19.8. The van der Waals surface area contributed by atoms with Crippen LogP contribution in [0.25, 0.3) is 0 Å². The van der Waals surface area contributed by atoms with E-state index in [0.717, 1.165) is 24.3 Å². The SMILES string of the molecule is COc1ccc(OC)c(NC(N)=NCC2CCC(C)(C)O2)c1.I. The van der Waals surface area contributed by atoms with Crippen LogP contribution in [0.15, 0.2) is 23.2 Å². The second-order valence-electron chi connectivity index (χ2n) is 5.96. The van der Waals surface area contributed by atoms with E-state index in [4.69, 9.17) is 19.9 Å². The van der Waals surface area contributed by atoms with Crippen LogP contribution in [0.4, 0.5) is 5.69 Å². The van der Waals surface area contributed by atoms with E-state index in [1.807, 2.05) is 18.2 Å². The van der Waals surface area contributed by atoms with Crippen LogP contribution in [0.1, 0.15) is 26.7 Å². The highest BCUT2D eigenvalue weighted by Crippen LogP contribution is 2.30. The van der Waals surface area contributed by atoms with Crippen LogP contribution in [0.2, 0.25) is 0 Å². The van der Waals surface area contributed by atoms with Crippen LogP contribution >= 0.6 is 24.0 Å². The molecule has 6 nitrogen and oxygen atoms in total. The van der Waals surface area contributed by atoms with Gasteiger partial charge in [0.15, 0.2) is 5.96 Å². The second-order valence-corrected chi connectivity index (χ2v) is 5.96. The zero-order valence-electron chi connectivity index (χ0n) is 14.1. The molecule has 1 aromatic carbocycles. The zero-order valence-corrected chi connectivity index (χ0v) is 16.4. The fourth-order valence-corrected chi connectivity index (χ4v) is 2.50. The van der Waals surface area contributed by atoms with E-state index in [9.17, 15) is 0 Å². The summed E-state index contributed by atoms with van der Waals surface area (Å²) in [4.78, 5) is 4.36. The highest BCUT2D eigenvalue weighted by Gasteiger charge is 2.31. The number of halogens is 1. The highest BCUT2D eigenvalue weighted by molar-refractivity contribution is 14.0. The number of ether oxygens (including phenoxy) is 3. The summed E-state index contributed by atoms with van der Waals surface area (Å²) in [5.41, 5.74) is 6.61. The molecule has 0 spiro atoms. The van der Waals surface area contributed by atoms with E-state index in [-0.39, 0.29) is 35.7 Å². The number of hydrogen-bond donors (Lipinski definition) is 2. The number of nitrogens with one attached hydrogen (secondary N) is 1. The second kappa shape index (κ2) is 8.58. The summed E-state index contributed by atoms with van der Waals surface area (Å²) in [7, 11) is 3.22. The quantitative estimate of drug-likeness (QED) is 0.423. The summed E-state index contributed by atoms with van der Waals surface area (Å²) >= 11 is 0. The van der Waals surface area contributed by atoms with Gasteiger partial charge in [-0.05, 0) is 38.8 Å². The van der Waals surface area contributed by atoms with Crippen molar-refractivity contribution in [3.63, 3.8) is 0 Å². The third-order valence-electron chi connectivity index (χ3n) is 3.69. The molecule has 1 aliphatic heterocycles. The van der Waals surface area contributed by atoms with Gasteiger partial charge in [0, 0.05) is 6.07 Å². The van der Waals surface area contributed by atoms with E-state index >= 15 is 0 Å². The number of rotatable bonds is 5. The summed E-state index contributed by atoms with van der Waals surface area (Å²) in [6.07, 6.45) is 2.18. The number of hydrogen-bond acceptors (Lipinski definition) is 4. The lowest BCUT2D eigenvalue weighted by Crippen LogP contribution is -2.26. The lowest BCUT2D eigenvalue weighted by atomic mass is 10.1. The van der Waals surface area contributed by atoms with Crippen LogP contribution in [0.3, 0.4) is 0 Å². The Labute approximate surface area is 154 Å². The summed E-state index contributed by atoms with van der Waals surface area (Å²) < 4.78 is 16.4. The number of methoxy groups -OCH3 is 2. The smallest absolute Gasteiger partial charge is 0.193 e. The fourth-order valence-electron chi connectivity index (χ4n) is 2.50. The van der Waals surface area contributed by atoms with Crippen molar-refractivity contribution in [3.05, 3.63) is 18.2 Å². The molecule has 0 radical (unpaired) electrons. The molecule has 1 aromatic rings. The topological polar surface area (TPSA) is 78.1 Å². The lowest BCUT2D eigenvalue weighted by molar-refractivity contribution is -0.0106. The first-order chi connectivity index (χ1) is 10.4.